The van der Waals surface area contributed by atoms with E-state index in [4.69, 9.17) is 4.74 Å². The third-order valence-corrected chi connectivity index (χ3v) is 4.58. The first-order valence-corrected chi connectivity index (χ1v) is 7.47. The summed E-state index contributed by atoms with van der Waals surface area (Å²) >= 11 is 7.06. The number of aryl methyl sites for hydroxylation is 1. The number of methoxy groups -OCH3 is 1. The van der Waals surface area contributed by atoms with Gasteiger partial charge in [-0.05, 0) is 30.7 Å². The summed E-state index contributed by atoms with van der Waals surface area (Å²) < 4.78 is 20.0. The molecule has 0 saturated carbocycles. The predicted octanol–water partition coefficient (Wildman–Crippen LogP) is 5.39. The van der Waals surface area contributed by atoms with Crippen molar-refractivity contribution in [2.75, 3.05) is 7.11 Å². The Morgan fingerprint density at radius 3 is 2.47 bits per heavy atom. The first kappa shape index (κ1) is 14.5. The van der Waals surface area contributed by atoms with Crippen LogP contribution in [0.1, 0.15) is 21.5 Å². The topological polar surface area (TPSA) is 9.23 Å². The number of halogens is 3. The number of hydrogen-bond donors (Lipinski definition) is 0. The molecule has 0 aromatic heterocycles. The molecule has 1 unspecified atom stereocenters. The summed E-state index contributed by atoms with van der Waals surface area (Å²) in [6.45, 7) is 1.95. The first-order chi connectivity index (χ1) is 9.02. The van der Waals surface area contributed by atoms with Gasteiger partial charge in [0.05, 0.1) is 11.9 Å². The van der Waals surface area contributed by atoms with E-state index < -0.39 is 0 Å². The molecule has 0 amide bonds. The Morgan fingerprint density at radius 1 is 1.11 bits per heavy atom. The highest BCUT2D eigenvalue weighted by atomic mass is 79.9. The van der Waals surface area contributed by atoms with E-state index in [9.17, 15) is 4.39 Å². The molecule has 2 aromatic rings. The smallest absolute Gasteiger partial charge is 0.127 e. The fraction of sp³-hybridized carbons (Fsp3) is 0.200. The number of hydrogen-bond acceptors (Lipinski definition) is 1. The van der Waals surface area contributed by atoms with Crippen molar-refractivity contribution in [3.05, 3.63) is 63.4 Å². The maximum Gasteiger partial charge on any atom is 0.127 e. The molecular weight excluding hydrogens is 375 g/mol. The summed E-state index contributed by atoms with van der Waals surface area (Å²) in [5.41, 5.74) is 2.63. The SMILES string of the molecule is COc1ccc(C(Br)c2cc(C)ccc2F)c(Br)c1. The van der Waals surface area contributed by atoms with Crippen molar-refractivity contribution in [2.24, 2.45) is 0 Å². The average molecular weight is 388 g/mol. The highest BCUT2D eigenvalue weighted by Gasteiger charge is 2.17. The van der Waals surface area contributed by atoms with Gasteiger partial charge >= 0.3 is 0 Å². The lowest BCUT2D eigenvalue weighted by Gasteiger charge is -2.15. The molecule has 0 heterocycles. The van der Waals surface area contributed by atoms with E-state index in [1.807, 2.05) is 31.2 Å². The van der Waals surface area contributed by atoms with Crippen LogP contribution in [-0.4, -0.2) is 7.11 Å². The second-order valence-electron chi connectivity index (χ2n) is 4.27. The van der Waals surface area contributed by atoms with Crippen molar-refractivity contribution < 1.29 is 9.13 Å². The minimum Gasteiger partial charge on any atom is -0.497 e. The highest BCUT2D eigenvalue weighted by Crippen LogP contribution is 2.38. The average Bonchev–Trinajstić information content (AvgIpc) is 2.40. The van der Waals surface area contributed by atoms with Crippen LogP contribution < -0.4 is 4.74 Å². The maximum atomic E-state index is 13.9. The molecule has 0 saturated heterocycles. The van der Waals surface area contributed by atoms with E-state index in [1.165, 1.54) is 6.07 Å². The van der Waals surface area contributed by atoms with Crippen LogP contribution in [0.15, 0.2) is 40.9 Å². The molecule has 4 heteroatoms. The van der Waals surface area contributed by atoms with Crippen LogP contribution in [0.5, 0.6) is 5.75 Å². The third-order valence-electron chi connectivity index (χ3n) is 2.91. The summed E-state index contributed by atoms with van der Waals surface area (Å²) in [7, 11) is 1.62. The number of rotatable bonds is 3. The van der Waals surface area contributed by atoms with Crippen molar-refractivity contribution in [1.29, 1.82) is 0 Å². The fourth-order valence-electron chi connectivity index (χ4n) is 1.87. The minimum atomic E-state index is -0.213. The van der Waals surface area contributed by atoms with Crippen molar-refractivity contribution in [2.45, 2.75) is 11.8 Å². The van der Waals surface area contributed by atoms with E-state index >= 15 is 0 Å². The van der Waals surface area contributed by atoms with Gasteiger partial charge in [-0.3, -0.25) is 0 Å². The lowest BCUT2D eigenvalue weighted by Crippen LogP contribution is -1.98. The van der Waals surface area contributed by atoms with E-state index in [-0.39, 0.29) is 10.6 Å². The Kier molecular flexibility index (Phi) is 4.63. The Bertz CT molecular complexity index is 599. The number of alkyl halides is 1. The molecule has 19 heavy (non-hydrogen) atoms. The second-order valence-corrected chi connectivity index (χ2v) is 6.04. The fourth-order valence-corrected chi connectivity index (χ4v) is 3.51. The first-order valence-electron chi connectivity index (χ1n) is 5.76. The van der Waals surface area contributed by atoms with Gasteiger partial charge < -0.3 is 4.74 Å². The van der Waals surface area contributed by atoms with Crippen molar-refractivity contribution in [1.82, 2.24) is 0 Å². The predicted molar refractivity (Wildman–Crippen MR) is 82.6 cm³/mol. The van der Waals surface area contributed by atoms with Crippen LogP contribution in [0, 0.1) is 12.7 Å². The molecule has 0 spiro atoms. The van der Waals surface area contributed by atoms with E-state index in [0.29, 0.717) is 5.56 Å². The molecule has 2 rings (SSSR count). The van der Waals surface area contributed by atoms with E-state index in [2.05, 4.69) is 31.9 Å². The normalized spacial score (nSPS) is 12.3. The molecule has 100 valence electrons. The van der Waals surface area contributed by atoms with Gasteiger partial charge in [-0.25, -0.2) is 4.39 Å². The van der Waals surface area contributed by atoms with Crippen LogP contribution >= 0.6 is 31.9 Å². The van der Waals surface area contributed by atoms with Crippen LogP contribution in [-0.2, 0) is 0 Å². The van der Waals surface area contributed by atoms with Gasteiger partial charge in [0.25, 0.3) is 0 Å². The second kappa shape index (κ2) is 6.06. The molecule has 2 aromatic carbocycles. The van der Waals surface area contributed by atoms with Crippen LogP contribution in [0.3, 0.4) is 0 Å². The summed E-state index contributed by atoms with van der Waals surface area (Å²) in [5.74, 6) is 0.551. The van der Waals surface area contributed by atoms with Gasteiger partial charge in [-0.1, -0.05) is 55.6 Å². The molecule has 1 atom stereocenters. The molecule has 0 fully saturated rings. The molecule has 1 nitrogen and oxygen atoms in total. The number of benzene rings is 2. The molecule has 0 radical (unpaired) electrons. The molecule has 0 bridgehead atoms. The number of ether oxygens (including phenoxy) is 1. The van der Waals surface area contributed by atoms with Gasteiger partial charge in [-0.15, -0.1) is 0 Å². The standard InChI is InChI=1S/C15H13Br2FO/c1-9-3-6-14(18)12(7-9)15(17)11-5-4-10(19-2)8-13(11)16/h3-8,15H,1-2H3. The zero-order chi connectivity index (χ0) is 14.0. The maximum absolute atomic E-state index is 13.9. The van der Waals surface area contributed by atoms with Crippen LogP contribution in [0.4, 0.5) is 4.39 Å². The van der Waals surface area contributed by atoms with E-state index in [0.717, 1.165) is 21.3 Å². The summed E-state index contributed by atoms with van der Waals surface area (Å²) in [6.07, 6.45) is 0. The Labute approximate surface area is 129 Å². The van der Waals surface area contributed by atoms with Crippen LogP contribution in [0.25, 0.3) is 0 Å². The largest absolute Gasteiger partial charge is 0.497 e. The van der Waals surface area contributed by atoms with E-state index in [1.54, 1.807) is 13.2 Å². The quantitative estimate of drug-likeness (QED) is 0.641. The minimum absolute atomic E-state index is 0.201. The van der Waals surface area contributed by atoms with Gasteiger partial charge in [0, 0.05) is 10.0 Å². The highest BCUT2D eigenvalue weighted by molar-refractivity contribution is 9.11. The Balaban J connectivity index is 2.43. The zero-order valence-electron chi connectivity index (χ0n) is 10.6. The van der Waals surface area contributed by atoms with Gasteiger partial charge in [0.1, 0.15) is 11.6 Å². The van der Waals surface area contributed by atoms with Crippen LogP contribution in [0.2, 0.25) is 0 Å². The Morgan fingerprint density at radius 2 is 1.84 bits per heavy atom. The molecule has 0 N–H and O–H groups in total. The van der Waals surface area contributed by atoms with Crippen molar-refractivity contribution in [3.8, 4) is 5.75 Å². The molecular formula is C15H13Br2FO. The molecule has 0 aliphatic heterocycles. The lowest BCUT2D eigenvalue weighted by atomic mass is 10.0. The Hall–Kier alpha value is -0.870. The van der Waals surface area contributed by atoms with Crippen molar-refractivity contribution >= 4 is 31.9 Å². The zero-order valence-corrected chi connectivity index (χ0v) is 13.8. The van der Waals surface area contributed by atoms with Gasteiger partial charge in [0.2, 0.25) is 0 Å². The third kappa shape index (κ3) is 3.18. The summed E-state index contributed by atoms with van der Waals surface area (Å²) in [5, 5.41) is 0. The lowest BCUT2D eigenvalue weighted by molar-refractivity contribution is 0.414. The monoisotopic (exact) mass is 386 g/mol. The van der Waals surface area contributed by atoms with Gasteiger partial charge in [-0.2, -0.15) is 0 Å². The summed E-state index contributed by atoms with van der Waals surface area (Å²) in [4.78, 5) is -0.201. The molecule has 0 aliphatic carbocycles. The van der Waals surface area contributed by atoms with Crippen molar-refractivity contribution in [3.63, 3.8) is 0 Å². The summed E-state index contributed by atoms with van der Waals surface area (Å²) in [6, 6.07) is 10.8. The molecule has 0 aliphatic rings. The van der Waals surface area contributed by atoms with Gasteiger partial charge in [0.15, 0.2) is 0 Å².